The van der Waals surface area contributed by atoms with Crippen LogP contribution in [0.4, 0.5) is 29.2 Å². The molecule has 0 aliphatic carbocycles. The lowest BCUT2D eigenvalue weighted by atomic mass is 10.1. The van der Waals surface area contributed by atoms with Crippen molar-refractivity contribution in [3.05, 3.63) is 76.7 Å². The van der Waals surface area contributed by atoms with Crippen LogP contribution in [-0.2, 0) is 6.18 Å². The van der Waals surface area contributed by atoms with Crippen LogP contribution in [0.2, 0.25) is 5.02 Å². The summed E-state index contributed by atoms with van der Waals surface area (Å²) in [5.41, 5.74) is 5.33. The minimum atomic E-state index is -4.68. The highest BCUT2D eigenvalue weighted by atomic mass is 35.5. The molecule has 1 aromatic carbocycles. The summed E-state index contributed by atoms with van der Waals surface area (Å²) in [6.07, 6.45) is -0.721. The van der Waals surface area contributed by atoms with Crippen LogP contribution in [-0.4, -0.2) is 30.6 Å². The van der Waals surface area contributed by atoms with Gasteiger partial charge in [-0.3, -0.25) is 9.78 Å². The van der Waals surface area contributed by atoms with E-state index in [4.69, 9.17) is 17.3 Å². The third-order valence-corrected chi connectivity index (χ3v) is 4.95. The van der Waals surface area contributed by atoms with Gasteiger partial charge in [0.05, 0.1) is 10.6 Å². The molecule has 4 rings (SSSR count). The van der Waals surface area contributed by atoms with Crippen molar-refractivity contribution in [2.45, 2.75) is 13.1 Å². The van der Waals surface area contributed by atoms with Crippen LogP contribution < -0.4 is 11.1 Å². The third kappa shape index (κ3) is 4.66. The van der Waals surface area contributed by atoms with E-state index in [0.29, 0.717) is 11.3 Å². The number of anilines is 2. The van der Waals surface area contributed by atoms with Crippen molar-refractivity contribution in [2.75, 3.05) is 5.32 Å². The first kappa shape index (κ1) is 23.1. The van der Waals surface area contributed by atoms with Gasteiger partial charge in [-0.1, -0.05) is 11.6 Å². The maximum absolute atomic E-state index is 13.5. The summed E-state index contributed by atoms with van der Waals surface area (Å²) in [5.74, 6) is -1.42. The Kier molecular flexibility index (Phi) is 5.92. The summed E-state index contributed by atoms with van der Waals surface area (Å²) in [6.45, 7) is 1.43. The molecule has 0 atom stereocenters. The van der Waals surface area contributed by atoms with Crippen LogP contribution in [0.5, 0.6) is 0 Å². The van der Waals surface area contributed by atoms with E-state index in [9.17, 15) is 22.4 Å². The average Bonchev–Trinajstić information content (AvgIpc) is 3.18. The van der Waals surface area contributed by atoms with Gasteiger partial charge in [-0.05, 0) is 37.3 Å². The molecular weight excluding hydrogens is 478 g/mol. The molecule has 0 saturated heterocycles. The van der Waals surface area contributed by atoms with Gasteiger partial charge in [0, 0.05) is 41.1 Å². The number of alkyl halides is 3. The number of nitrogens with one attached hydrogen (secondary N) is 1. The van der Waals surface area contributed by atoms with Crippen molar-refractivity contribution in [2.24, 2.45) is 5.73 Å². The molecule has 13 heteroatoms. The van der Waals surface area contributed by atoms with E-state index in [1.807, 2.05) is 0 Å². The molecule has 0 aliphatic rings. The van der Waals surface area contributed by atoms with Crippen molar-refractivity contribution in [3.8, 4) is 16.9 Å². The number of amides is 1. The number of aromatic nitrogens is 5. The minimum absolute atomic E-state index is 0.0242. The fourth-order valence-electron chi connectivity index (χ4n) is 3.05. The zero-order valence-electron chi connectivity index (χ0n) is 17.2. The summed E-state index contributed by atoms with van der Waals surface area (Å²) in [7, 11) is 0. The van der Waals surface area contributed by atoms with E-state index >= 15 is 0 Å². The number of primary amides is 1. The first-order chi connectivity index (χ1) is 16.0. The number of halogens is 5. The fraction of sp³-hybridized carbons (Fsp3) is 0.0952. The van der Waals surface area contributed by atoms with E-state index < -0.39 is 23.6 Å². The quantitative estimate of drug-likeness (QED) is 0.392. The van der Waals surface area contributed by atoms with Gasteiger partial charge >= 0.3 is 6.18 Å². The lowest BCUT2D eigenvalue weighted by Crippen LogP contribution is -2.12. The van der Waals surface area contributed by atoms with E-state index in [1.54, 1.807) is 0 Å². The molecule has 0 saturated carbocycles. The molecule has 3 N–H and O–H groups in total. The van der Waals surface area contributed by atoms with Crippen molar-refractivity contribution in [1.82, 2.24) is 24.7 Å². The van der Waals surface area contributed by atoms with Crippen LogP contribution in [0.1, 0.15) is 21.7 Å². The number of hydrogen-bond acceptors (Lipinski definition) is 6. The van der Waals surface area contributed by atoms with Crippen LogP contribution >= 0.6 is 11.6 Å². The molecule has 34 heavy (non-hydrogen) atoms. The maximum Gasteiger partial charge on any atom is 0.435 e. The van der Waals surface area contributed by atoms with Crippen molar-refractivity contribution >= 4 is 29.1 Å². The molecule has 0 spiro atoms. The monoisotopic (exact) mass is 491 g/mol. The van der Waals surface area contributed by atoms with Crippen LogP contribution in [0, 0.1) is 12.7 Å². The van der Waals surface area contributed by atoms with Crippen molar-refractivity contribution in [1.29, 1.82) is 0 Å². The number of nitrogens with two attached hydrogens (primary N) is 1. The first-order valence-electron chi connectivity index (χ1n) is 9.51. The predicted molar refractivity (Wildman–Crippen MR) is 115 cm³/mol. The molecule has 0 radical (unpaired) electrons. The average molecular weight is 492 g/mol. The maximum atomic E-state index is 13.5. The molecule has 8 nitrogen and oxygen atoms in total. The third-order valence-electron chi connectivity index (χ3n) is 4.66. The molecule has 1 amide bonds. The number of carbonyl (C=O) groups is 1. The van der Waals surface area contributed by atoms with E-state index in [1.165, 1.54) is 43.7 Å². The lowest BCUT2D eigenvalue weighted by molar-refractivity contribution is -0.141. The molecule has 0 bridgehead atoms. The number of benzene rings is 1. The number of carbonyl (C=O) groups excluding carboxylic acids is 1. The van der Waals surface area contributed by atoms with Crippen LogP contribution in [0.3, 0.4) is 0 Å². The zero-order chi connectivity index (χ0) is 24.6. The summed E-state index contributed by atoms with van der Waals surface area (Å²) < 4.78 is 54.3. The highest BCUT2D eigenvalue weighted by Gasteiger charge is 2.35. The normalized spacial score (nSPS) is 11.5. The second-order valence-corrected chi connectivity index (χ2v) is 7.50. The Hall–Kier alpha value is -4.06. The van der Waals surface area contributed by atoms with Gasteiger partial charge in [0.15, 0.2) is 11.5 Å². The Bertz CT molecular complexity index is 1400. The Morgan fingerprint density at radius 3 is 2.56 bits per heavy atom. The zero-order valence-corrected chi connectivity index (χ0v) is 18.0. The van der Waals surface area contributed by atoms with Gasteiger partial charge in [0.2, 0.25) is 11.9 Å². The molecule has 3 heterocycles. The van der Waals surface area contributed by atoms with Gasteiger partial charge in [-0.25, -0.2) is 14.1 Å². The number of hydrogen-bond donors (Lipinski definition) is 2. The van der Waals surface area contributed by atoms with Crippen LogP contribution in [0.25, 0.3) is 16.9 Å². The number of rotatable bonds is 5. The molecule has 0 aliphatic heterocycles. The van der Waals surface area contributed by atoms with E-state index in [-0.39, 0.29) is 33.6 Å². The van der Waals surface area contributed by atoms with E-state index in [0.717, 1.165) is 16.8 Å². The smallest absolute Gasteiger partial charge is 0.366 e. The fourth-order valence-corrected chi connectivity index (χ4v) is 3.23. The van der Waals surface area contributed by atoms with Gasteiger partial charge in [0.1, 0.15) is 5.82 Å². The Labute approximate surface area is 194 Å². The Morgan fingerprint density at radius 1 is 1.15 bits per heavy atom. The SMILES string of the molecule is Cc1cc(C(F)(F)F)nn1-c1nc(Nc2ccc(F)c(Cl)c2)ncc1-c1cncc(C(N)=O)c1. The van der Waals surface area contributed by atoms with Gasteiger partial charge in [0.25, 0.3) is 0 Å². The molecule has 4 aromatic rings. The lowest BCUT2D eigenvalue weighted by Gasteiger charge is -2.13. The van der Waals surface area contributed by atoms with Crippen molar-refractivity contribution in [3.63, 3.8) is 0 Å². The van der Waals surface area contributed by atoms with Gasteiger partial charge in [-0.2, -0.15) is 23.3 Å². The van der Waals surface area contributed by atoms with Crippen molar-refractivity contribution < 1.29 is 22.4 Å². The number of nitrogens with zero attached hydrogens (tertiary/aromatic N) is 5. The van der Waals surface area contributed by atoms with E-state index in [2.05, 4.69) is 25.4 Å². The second kappa shape index (κ2) is 8.71. The van der Waals surface area contributed by atoms with Gasteiger partial charge < -0.3 is 11.1 Å². The summed E-state index contributed by atoms with van der Waals surface area (Å²) in [4.78, 5) is 24.0. The topological polar surface area (TPSA) is 112 Å². The first-order valence-corrected chi connectivity index (χ1v) is 9.89. The molecule has 3 aromatic heterocycles. The molecule has 174 valence electrons. The standard InChI is InChI=1S/C21H14ClF4N7O/c1-10-4-17(21(24,25)26)32-33(10)19-14(11-5-12(18(27)34)8-28-7-11)9-29-20(31-19)30-13-2-3-16(23)15(22)6-13/h2-9H,1H3,(H2,27,34)(H,29,30,31). The number of pyridine rings is 1. The highest BCUT2D eigenvalue weighted by molar-refractivity contribution is 6.31. The predicted octanol–water partition coefficient (Wildman–Crippen LogP) is 4.69. The summed E-state index contributed by atoms with van der Waals surface area (Å²) in [5, 5.41) is 6.34. The number of aryl methyl sites for hydroxylation is 1. The highest BCUT2D eigenvalue weighted by Crippen LogP contribution is 2.32. The Balaban J connectivity index is 1.87. The Morgan fingerprint density at radius 2 is 1.91 bits per heavy atom. The van der Waals surface area contributed by atoms with Gasteiger partial charge in [-0.15, -0.1) is 0 Å². The van der Waals surface area contributed by atoms with Crippen LogP contribution in [0.15, 0.2) is 48.9 Å². The molecular formula is C21H14ClF4N7O. The molecule has 0 fully saturated rings. The largest absolute Gasteiger partial charge is 0.435 e. The second-order valence-electron chi connectivity index (χ2n) is 7.09. The summed E-state index contributed by atoms with van der Waals surface area (Å²) in [6, 6.07) is 6.10. The summed E-state index contributed by atoms with van der Waals surface area (Å²) >= 11 is 5.80. The minimum Gasteiger partial charge on any atom is -0.366 e. The molecule has 0 unspecified atom stereocenters.